The molecule has 0 saturated carbocycles. The number of fused-ring (bicyclic) bond motifs is 3. The number of benzene rings is 1. The molecule has 1 aliphatic heterocycles. The van der Waals surface area contributed by atoms with E-state index >= 15 is 0 Å². The summed E-state index contributed by atoms with van der Waals surface area (Å²) >= 11 is 0. The lowest BCUT2D eigenvalue weighted by Crippen LogP contribution is -2.34. The Morgan fingerprint density at radius 3 is 2.44 bits per heavy atom. The Morgan fingerprint density at radius 1 is 1.12 bits per heavy atom. The van der Waals surface area contributed by atoms with E-state index < -0.39 is 15.9 Å². The van der Waals surface area contributed by atoms with E-state index in [0.717, 1.165) is 67.2 Å². The molecule has 5 rings (SSSR count). The molecule has 32 heavy (non-hydrogen) atoms. The molecule has 0 spiro atoms. The van der Waals surface area contributed by atoms with Gasteiger partial charge in [-0.1, -0.05) is 0 Å². The molecule has 3 aliphatic rings. The maximum atomic E-state index is 13.1. The van der Waals surface area contributed by atoms with Crippen molar-refractivity contribution in [2.45, 2.75) is 56.4 Å². The molecule has 3 N–H and O–H groups in total. The number of anilines is 1. The fraction of sp³-hybridized carbons (Fsp3) is 0.476. The predicted octanol–water partition coefficient (Wildman–Crippen LogP) is 2.57. The number of aryl methyl sites for hydroxylation is 1. The fourth-order valence-electron chi connectivity index (χ4n) is 5.02. The summed E-state index contributed by atoms with van der Waals surface area (Å²) in [5.74, 6) is -0.0711. The minimum atomic E-state index is -3.68. The number of hydrogen-bond donors (Lipinski definition) is 3. The molecule has 10 nitrogen and oxygen atoms in total. The van der Waals surface area contributed by atoms with Crippen molar-refractivity contribution in [3.05, 3.63) is 34.0 Å². The molecular formula is C21H25N5O5S. The number of nitrogens with one attached hydrogen (secondary N) is 3. The van der Waals surface area contributed by atoms with E-state index in [9.17, 15) is 13.8 Å². The number of esters is 1. The first-order valence-electron chi connectivity index (χ1n) is 10.7. The summed E-state index contributed by atoms with van der Waals surface area (Å²) in [5.41, 5.74) is 5.05. The van der Waals surface area contributed by atoms with Crippen molar-refractivity contribution in [2.24, 2.45) is 0 Å². The second kappa shape index (κ2) is 7.80. The average molecular weight is 460 g/mol. The van der Waals surface area contributed by atoms with E-state index in [1.165, 1.54) is 13.3 Å². The summed E-state index contributed by atoms with van der Waals surface area (Å²) in [7, 11) is -2.29. The summed E-state index contributed by atoms with van der Waals surface area (Å²) in [4.78, 5) is 25.4. The summed E-state index contributed by atoms with van der Waals surface area (Å²) in [6.07, 6.45) is 6.83. The average Bonchev–Trinajstić information content (AvgIpc) is 3.51. The van der Waals surface area contributed by atoms with E-state index in [-0.39, 0.29) is 16.7 Å². The molecule has 11 heteroatoms. The van der Waals surface area contributed by atoms with Gasteiger partial charge in [0.25, 0.3) is 0 Å². The van der Waals surface area contributed by atoms with Crippen LogP contribution in [0.15, 0.2) is 11.1 Å². The maximum absolute atomic E-state index is 13.1. The highest BCUT2D eigenvalue weighted by Gasteiger charge is 2.33. The van der Waals surface area contributed by atoms with Gasteiger partial charge in [0.2, 0.25) is 5.88 Å². The highest BCUT2D eigenvalue weighted by molar-refractivity contribution is 7.91. The Balaban J connectivity index is 1.46. The molecule has 2 aliphatic carbocycles. The van der Waals surface area contributed by atoms with Crippen LogP contribution >= 0.6 is 0 Å². The number of amides is 2. The van der Waals surface area contributed by atoms with Crippen LogP contribution in [0.2, 0.25) is 0 Å². The summed E-state index contributed by atoms with van der Waals surface area (Å²) in [6.45, 7) is 1.06. The summed E-state index contributed by atoms with van der Waals surface area (Å²) in [6, 6.07) is -0.727. The molecule has 2 aromatic rings. The van der Waals surface area contributed by atoms with Gasteiger partial charge in [-0.15, -0.1) is 0 Å². The van der Waals surface area contributed by atoms with Gasteiger partial charge in [-0.3, -0.25) is 0 Å². The van der Waals surface area contributed by atoms with Crippen LogP contribution in [0.25, 0.3) is 0 Å². The lowest BCUT2D eigenvalue weighted by atomic mass is 9.92. The van der Waals surface area contributed by atoms with Crippen LogP contribution in [0.3, 0.4) is 0 Å². The second-order valence-corrected chi connectivity index (χ2v) is 9.97. The van der Waals surface area contributed by atoms with Crippen molar-refractivity contribution >= 4 is 27.6 Å². The minimum absolute atomic E-state index is 0.0591. The van der Waals surface area contributed by atoms with E-state index in [1.54, 1.807) is 4.68 Å². The highest BCUT2D eigenvalue weighted by atomic mass is 32.2. The second-order valence-electron chi connectivity index (χ2n) is 8.21. The van der Waals surface area contributed by atoms with Crippen LogP contribution in [0.5, 0.6) is 5.88 Å². The number of nitrogens with zero attached hydrogens (tertiary/aromatic N) is 2. The van der Waals surface area contributed by atoms with Crippen molar-refractivity contribution in [1.29, 1.82) is 4.78 Å². The van der Waals surface area contributed by atoms with Crippen LogP contribution in [0, 0.1) is 4.78 Å². The SMILES string of the molecule is COC(=O)c1c2c(c(NC(=O)NS(=N)(=O)c3cnn4c3OCCC4)c3c1CCC3)CCC2. The van der Waals surface area contributed by atoms with Crippen LogP contribution in [0.4, 0.5) is 10.5 Å². The molecule has 1 unspecified atom stereocenters. The fourth-order valence-corrected chi connectivity index (χ4v) is 6.05. The molecule has 1 aromatic heterocycles. The Morgan fingerprint density at radius 2 is 1.78 bits per heavy atom. The molecule has 0 radical (unpaired) electrons. The van der Waals surface area contributed by atoms with Crippen molar-refractivity contribution in [1.82, 2.24) is 14.5 Å². The lowest BCUT2D eigenvalue weighted by Gasteiger charge is -2.20. The van der Waals surface area contributed by atoms with Gasteiger partial charge in [0.15, 0.2) is 9.92 Å². The number of carbonyl (C=O) groups is 2. The highest BCUT2D eigenvalue weighted by Crippen LogP contribution is 2.42. The van der Waals surface area contributed by atoms with Gasteiger partial charge < -0.3 is 14.8 Å². The molecule has 170 valence electrons. The Labute approximate surface area is 185 Å². The Bertz CT molecular complexity index is 1200. The van der Waals surface area contributed by atoms with Crippen LogP contribution < -0.4 is 14.8 Å². The van der Waals surface area contributed by atoms with E-state index in [1.807, 2.05) is 0 Å². The lowest BCUT2D eigenvalue weighted by molar-refractivity contribution is 0.0598. The van der Waals surface area contributed by atoms with Crippen molar-refractivity contribution in [2.75, 3.05) is 19.0 Å². The van der Waals surface area contributed by atoms with E-state index in [0.29, 0.717) is 24.4 Å². The topological polar surface area (TPSA) is 135 Å². The largest absolute Gasteiger partial charge is 0.477 e. The Kier molecular flexibility index (Phi) is 5.07. The smallest absolute Gasteiger partial charge is 0.338 e. The molecule has 2 amide bonds. The van der Waals surface area contributed by atoms with Gasteiger partial charge in [0.1, 0.15) is 4.90 Å². The Hall–Kier alpha value is -3.08. The van der Waals surface area contributed by atoms with Gasteiger partial charge in [0, 0.05) is 18.7 Å². The normalized spacial score (nSPS) is 18.0. The standard InChI is InChI=1S/C21H25N5O5S/c1-30-20(27)17-12-5-2-7-14(12)18(15-8-3-6-13(15)17)24-21(28)25-32(22,29)16-11-23-26-9-4-10-31-19(16)26/h11H,2-10H2,1H3,(H3,22,24,25,28,29). The zero-order chi connectivity index (χ0) is 22.5. The third-order valence-corrected chi connectivity index (χ3v) is 7.70. The number of hydrogen-bond acceptors (Lipinski definition) is 7. The molecule has 0 bridgehead atoms. The number of rotatable bonds is 4. The molecule has 1 aromatic carbocycles. The molecule has 2 heterocycles. The predicted molar refractivity (Wildman–Crippen MR) is 115 cm³/mol. The van der Waals surface area contributed by atoms with Gasteiger partial charge in [-0.2, -0.15) is 5.10 Å². The van der Waals surface area contributed by atoms with Crippen molar-refractivity contribution in [3.63, 3.8) is 0 Å². The summed E-state index contributed by atoms with van der Waals surface area (Å²) in [5, 5.41) is 6.98. The minimum Gasteiger partial charge on any atom is -0.477 e. The van der Waals surface area contributed by atoms with Gasteiger partial charge in [-0.05, 0) is 60.8 Å². The number of aromatic nitrogens is 2. The molecule has 0 saturated heterocycles. The molecular weight excluding hydrogens is 434 g/mol. The third-order valence-electron chi connectivity index (χ3n) is 6.33. The monoisotopic (exact) mass is 459 g/mol. The van der Waals surface area contributed by atoms with Gasteiger partial charge in [0.05, 0.1) is 25.5 Å². The van der Waals surface area contributed by atoms with Crippen molar-refractivity contribution in [3.8, 4) is 5.88 Å². The zero-order valence-corrected chi connectivity index (χ0v) is 18.6. The van der Waals surface area contributed by atoms with Crippen LogP contribution in [0.1, 0.15) is 51.9 Å². The summed E-state index contributed by atoms with van der Waals surface area (Å²) < 4.78 is 35.8. The van der Waals surface area contributed by atoms with Crippen molar-refractivity contribution < 1.29 is 23.3 Å². The number of carbonyl (C=O) groups excluding carboxylic acids is 2. The molecule has 1 atom stereocenters. The number of urea groups is 1. The quantitative estimate of drug-likeness (QED) is 0.602. The number of methoxy groups -OCH3 is 1. The first-order chi connectivity index (χ1) is 15.4. The number of ether oxygens (including phenoxy) is 2. The first kappa shape index (κ1) is 20.8. The first-order valence-corrected chi connectivity index (χ1v) is 12.3. The van der Waals surface area contributed by atoms with Gasteiger partial charge >= 0.3 is 12.0 Å². The maximum Gasteiger partial charge on any atom is 0.338 e. The zero-order valence-electron chi connectivity index (χ0n) is 17.8. The van der Waals surface area contributed by atoms with E-state index in [4.69, 9.17) is 14.3 Å². The van der Waals surface area contributed by atoms with Gasteiger partial charge in [-0.25, -0.2) is 28.0 Å². The molecule has 0 fully saturated rings. The van der Waals surface area contributed by atoms with Crippen LogP contribution in [-0.4, -0.2) is 39.7 Å². The third kappa shape index (κ3) is 3.31. The van der Waals surface area contributed by atoms with E-state index in [2.05, 4.69) is 15.1 Å². The van der Waals surface area contributed by atoms with Crippen LogP contribution in [-0.2, 0) is 46.9 Å².